The average Bonchev–Trinajstić information content (AvgIpc) is 2.77. The van der Waals surface area contributed by atoms with Crippen LogP contribution in [-0.2, 0) is 12.8 Å². The minimum absolute atomic E-state index is 0.185. The molecule has 2 aromatic heterocycles. The summed E-state index contributed by atoms with van der Waals surface area (Å²) in [5.74, 6) is 1.63. The number of aliphatic hydroxyl groups is 1. The molecule has 0 saturated heterocycles. The van der Waals surface area contributed by atoms with Gasteiger partial charge < -0.3 is 15.6 Å². The lowest BCUT2D eigenvalue weighted by Crippen LogP contribution is -2.02. The third-order valence-electron chi connectivity index (χ3n) is 5.64. The summed E-state index contributed by atoms with van der Waals surface area (Å²) in [6, 6.07) is 16.7. The van der Waals surface area contributed by atoms with Crippen LogP contribution in [0.25, 0.3) is 21.8 Å². The van der Waals surface area contributed by atoms with Crippen molar-refractivity contribution in [2.75, 3.05) is 19.5 Å². The van der Waals surface area contributed by atoms with Gasteiger partial charge in [-0.25, -0.2) is 4.98 Å². The van der Waals surface area contributed by atoms with Gasteiger partial charge in [-0.15, -0.1) is 0 Å². The van der Waals surface area contributed by atoms with Gasteiger partial charge in [-0.1, -0.05) is 31.2 Å². The predicted molar refractivity (Wildman–Crippen MR) is 122 cm³/mol. The summed E-state index contributed by atoms with van der Waals surface area (Å²) in [6.45, 7) is 2.40. The van der Waals surface area contributed by atoms with Crippen LogP contribution in [0.2, 0.25) is 0 Å². The molecule has 2 aromatic carbocycles. The van der Waals surface area contributed by atoms with Crippen molar-refractivity contribution in [1.82, 2.24) is 9.97 Å². The predicted octanol–water partition coefficient (Wildman–Crippen LogP) is 4.64. The molecule has 0 amide bonds. The Morgan fingerprint density at radius 1 is 1.03 bits per heavy atom. The molecule has 30 heavy (non-hydrogen) atoms. The fourth-order valence-corrected chi connectivity index (χ4v) is 3.91. The van der Waals surface area contributed by atoms with E-state index in [2.05, 4.69) is 53.3 Å². The molecule has 154 valence electrons. The van der Waals surface area contributed by atoms with Gasteiger partial charge in [0.2, 0.25) is 0 Å². The molecule has 0 aliphatic carbocycles. The second kappa shape index (κ2) is 8.67. The van der Waals surface area contributed by atoms with Crippen LogP contribution in [0.5, 0.6) is 5.75 Å². The number of aryl methyl sites for hydroxylation is 1. The summed E-state index contributed by atoms with van der Waals surface area (Å²) in [6.07, 6.45) is 4.39. The third-order valence-corrected chi connectivity index (χ3v) is 5.64. The first-order valence-corrected chi connectivity index (χ1v) is 10.3. The molecule has 0 aliphatic rings. The molecule has 4 aromatic rings. The Labute approximate surface area is 176 Å². The number of methoxy groups -OCH3 is 1. The molecule has 3 N–H and O–H groups in total. The minimum Gasteiger partial charge on any atom is -0.497 e. The second-order valence-corrected chi connectivity index (χ2v) is 7.79. The number of aliphatic hydroxyl groups excluding tert-OH is 1. The first kappa shape index (κ1) is 20.1. The van der Waals surface area contributed by atoms with Gasteiger partial charge in [-0.05, 0) is 66.1 Å². The molecular formula is C25H27N3O2. The summed E-state index contributed by atoms with van der Waals surface area (Å²) in [5.41, 5.74) is 11.4. The molecule has 0 saturated carbocycles. The number of fused-ring (bicyclic) bond motifs is 3. The van der Waals surface area contributed by atoms with E-state index in [-0.39, 0.29) is 6.61 Å². The van der Waals surface area contributed by atoms with Crippen LogP contribution in [-0.4, -0.2) is 28.8 Å². The van der Waals surface area contributed by atoms with Crippen LogP contribution in [0.1, 0.15) is 36.0 Å². The number of pyridine rings is 2. The van der Waals surface area contributed by atoms with Crippen LogP contribution in [0, 0.1) is 0 Å². The molecule has 0 fully saturated rings. The van der Waals surface area contributed by atoms with Gasteiger partial charge in [0.1, 0.15) is 11.3 Å². The van der Waals surface area contributed by atoms with Gasteiger partial charge in [0.05, 0.1) is 12.6 Å². The van der Waals surface area contributed by atoms with Crippen molar-refractivity contribution in [2.24, 2.45) is 0 Å². The minimum atomic E-state index is 0.185. The van der Waals surface area contributed by atoms with E-state index in [1.165, 1.54) is 11.1 Å². The van der Waals surface area contributed by atoms with Crippen molar-refractivity contribution in [1.29, 1.82) is 0 Å². The molecular weight excluding hydrogens is 374 g/mol. The second-order valence-electron chi connectivity index (χ2n) is 7.79. The van der Waals surface area contributed by atoms with Crippen molar-refractivity contribution in [3.8, 4) is 5.75 Å². The zero-order chi connectivity index (χ0) is 21.1. The Bertz CT molecular complexity index is 1170. The maximum absolute atomic E-state index is 9.09. The Hall–Kier alpha value is -3.18. The van der Waals surface area contributed by atoms with E-state index in [9.17, 15) is 0 Å². The van der Waals surface area contributed by atoms with Crippen LogP contribution in [0.4, 0.5) is 5.82 Å². The van der Waals surface area contributed by atoms with E-state index in [4.69, 9.17) is 15.6 Å². The summed E-state index contributed by atoms with van der Waals surface area (Å²) < 4.78 is 5.25. The highest BCUT2D eigenvalue weighted by Crippen LogP contribution is 2.31. The number of hydrogen-bond acceptors (Lipinski definition) is 5. The van der Waals surface area contributed by atoms with E-state index in [1.54, 1.807) is 7.11 Å². The third kappa shape index (κ3) is 4.07. The highest BCUT2D eigenvalue weighted by atomic mass is 16.5. The molecule has 0 aliphatic heterocycles. The van der Waals surface area contributed by atoms with E-state index in [0.29, 0.717) is 11.7 Å². The number of aromatic nitrogens is 2. The first-order chi connectivity index (χ1) is 14.6. The Morgan fingerprint density at radius 2 is 1.80 bits per heavy atom. The van der Waals surface area contributed by atoms with Crippen LogP contribution < -0.4 is 10.5 Å². The highest BCUT2D eigenvalue weighted by Gasteiger charge is 2.13. The maximum atomic E-state index is 9.09. The molecule has 0 radical (unpaired) electrons. The zero-order valence-electron chi connectivity index (χ0n) is 17.4. The van der Waals surface area contributed by atoms with Crippen molar-refractivity contribution < 1.29 is 9.84 Å². The van der Waals surface area contributed by atoms with Crippen LogP contribution in [0.3, 0.4) is 0 Å². The average molecular weight is 402 g/mol. The number of nitrogen functional groups attached to an aromatic ring is 1. The Morgan fingerprint density at radius 3 is 2.53 bits per heavy atom. The maximum Gasteiger partial charge on any atom is 0.150 e. The topological polar surface area (TPSA) is 81.3 Å². The van der Waals surface area contributed by atoms with Crippen molar-refractivity contribution in [3.63, 3.8) is 0 Å². The van der Waals surface area contributed by atoms with Gasteiger partial charge in [-0.3, -0.25) is 4.98 Å². The lowest BCUT2D eigenvalue weighted by Gasteiger charge is -2.14. The molecule has 1 unspecified atom stereocenters. The molecule has 5 heteroatoms. The van der Waals surface area contributed by atoms with E-state index < -0.39 is 0 Å². The normalized spacial score (nSPS) is 12.4. The van der Waals surface area contributed by atoms with Gasteiger partial charge in [0.15, 0.2) is 5.82 Å². The SMILES string of the molecule is COc1ccc(CC(C)c2cnc3c(N)nc4cc(CCCO)ccc4c3c2)cc1. The summed E-state index contributed by atoms with van der Waals surface area (Å²) >= 11 is 0. The van der Waals surface area contributed by atoms with Crippen molar-refractivity contribution in [3.05, 3.63) is 71.4 Å². The Balaban J connectivity index is 1.69. The van der Waals surface area contributed by atoms with E-state index >= 15 is 0 Å². The number of rotatable bonds is 7. The number of benzene rings is 2. The number of ether oxygens (including phenoxy) is 1. The smallest absolute Gasteiger partial charge is 0.150 e. The number of nitrogens with zero attached hydrogens (tertiary/aromatic N) is 2. The van der Waals surface area contributed by atoms with Gasteiger partial charge >= 0.3 is 0 Å². The van der Waals surface area contributed by atoms with Gasteiger partial charge in [0.25, 0.3) is 0 Å². The van der Waals surface area contributed by atoms with Crippen molar-refractivity contribution >= 4 is 27.6 Å². The number of nitrogens with two attached hydrogens (primary N) is 1. The van der Waals surface area contributed by atoms with E-state index in [1.807, 2.05) is 18.3 Å². The quantitative estimate of drug-likeness (QED) is 0.441. The molecule has 1 atom stereocenters. The summed E-state index contributed by atoms with van der Waals surface area (Å²) in [7, 11) is 1.68. The number of hydrogen-bond donors (Lipinski definition) is 2. The lowest BCUT2D eigenvalue weighted by atomic mass is 9.93. The monoisotopic (exact) mass is 401 g/mol. The summed E-state index contributed by atoms with van der Waals surface area (Å²) in [5, 5.41) is 11.2. The Kier molecular flexibility index (Phi) is 5.81. The highest BCUT2D eigenvalue weighted by molar-refractivity contribution is 6.08. The van der Waals surface area contributed by atoms with Crippen LogP contribution >= 0.6 is 0 Å². The lowest BCUT2D eigenvalue weighted by molar-refractivity contribution is 0.288. The van der Waals surface area contributed by atoms with Gasteiger partial charge in [0, 0.05) is 23.6 Å². The molecule has 4 rings (SSSR count). The molecule has 0 spiro atoms. The molecule has 0 bridgehead atoms. The van der Waals surface area contributed by atoms with Gasteiger partial charge in [-0.2, -0.15) is 0 Å². The first-order valence-electron chi connectivity index (χ1n) is 10.3. The largest absolute Gasteiger partial charge is 0.497 e. The van der Waals surface area contributed by atoms with Crippen molar-refractivity contribution in [2.45, 2.75) is 32.1 Å². The zero-order valence-corrected chi connectivity index (χ0v) is 17.4. The van der Waals surface area contributed by atoms with E-state index in [0.717, 1.165) is 52.4 Å². The van der Waals surface area contributed by atoms with Crippen LogP contribution in [0.15, 0.2) is 54.7 Å². The fourth-order valence-electron chi connectivity index (χ4n) is 3.91. The summed E-state index contributed by atoms with van der Waals surface area (Å²) in [4.78, 5) is 9.22. The number of anilines is 1. The molecule has 2 heterocycles. The molecule has 5 nitrogen and oxygen atoms in total. The fraction of sp³-hybridized carbons (Fsp3) is 0.280. The standard InChI is InChI=1S/C25H27N3O2/c1-16(12-18-5-8-20(30-2)9-6-18)19-14-22-21-10-7-17(4-3-11-29)13-23(21)28-25(26)24(22)27-15-19/h5-10,13-16,29H,3-4,11-12H2,1-2H3,(H2,26,28).